The highest BCUT2D eigenvalue weighted by molar-refractivity contribution is 8.00. The fraction of sp³-hybridized carbons (Fsp3) is 0.462. The Bertz CT molecular complexity index is 352. The quantitative estimate of drug-likeness (QED) is 0.461. The van der Waals surface area contributed by atoms with E-state index in [1.54, 1.807) is 0 Å². The van der Waals surface area contributed by atoms with Crippen molar-refractivity contribution in [1.29, 1.82) is 0 Å². The lowest BCUT2D eigenvalue weighted by Crippen LogP contribution is -2.08. The van der Waals surface area contributed by atoms with Crippen LogP contribution in [0.4, 0.5) is 0 Å². The molecule has 0 spiro atoms. The smallest absolute Gasteiger partial charge is 0.316 e. The van der Waals surface area contributed by atoms with Gasteiger partial charge < -0.3 is 9.84 Å². The molecular formula is C13H18O3S. The lowest BCUT2D eigenvalue weighted by Gasteiger charge is -2.04. The van der Waals surface area contributed by atoms with Gasteiger partial charge in [0.1, 0.15) is 0 Å². The molecule has 0 saturated carbocycles. The van der Waals surface area contributed by atoms with Crippen molar-refractivity contribution < 1.29 is 14.6 Å². The molecule has 0 radical (unpaired) electrons. The molecule has 1 N–H and O–H groups in total. The molecule has 3 nitrogen and oxygen atoms in total. The molecule has 1 rings (SSSR count). The summed E-state index contributed by atoms with van der Waals surface area (Å²) in [7, 11) is 0. The highest BCUT2D eigenvalue weighted by Gasteiger charge is 2.04. The minimum Gasteiger partial charge on any atom is -0.465 e. The van der Waals surface area contributed by atoms with Gasteiger partial charge in [-0.1, -0.05) is 25.5 Å². The number of ether oxygens (including phenoxy) is 1. The third kappa shape index (κ3) is 5.75. The number of aliphatic hydroxyl groups excluding tert-OH is 1. The summed E-state index contributed by atoms with van der Waals surface area (Å²) in [6, 6.07) is 7.52. The van der Waals surface area contributed by atoms with Gasteiger partial charge >= 0.3 is 5.97 Å². The van der Waals surface area contributed by atoms with E-state index in [4.69, 9.17) is 9.84 Å². The Morgan fingerprint density at radius 1 is 1.47 bits per heavy atom. The lowest BCUT2D eigenvalue weighted by atomic mass is 10.2. The summed E-state index contributed by atoms with van der Waals surface area (Å²) in [4.78, 5) is 12.3. The van der Waals surface area contributed by atoms with Crippen molar-refractivity contribution in [3.8, 4) is 0 Å². The van der Waals surface area contributed by atoms with E-state index in [9.17, 15) is 4.79 Å². The van der Waals surface area contributed by atoms with Crippen molar-refractivity contribution in [2.24, 2.45) is 0 Å². The predicted molar refractivity (Wildman–Crippen MR) is 69.0 cm³/mol. The molecule has 1 aromatic rings. The van der Waals surface area contributed by atoms with Crippen LogP contribution < -0.4 is 0 Å². The molecule has 0 aliphatic carbocycles. The zero-order valence-corrected chi connectivity index (χ0v) is 10.8. The van der Waals surface area contributed by atoms with Crippen molar-refractivity contribution in [2.45, 2.75) is 31.3 Å². The zero-order chi connectivity index (χ0) is 12.5. The monoisotopic (exact) mass is 254 g/mol. The summed E-state index contributed by atoms with van der Waals surface area (Å²) in [6.07, 6.45) is 1.94. The van der Waals surface area contributed by atoms with E-state index in [0.717, 1.165) is 23.3 Å². The van der Waals surface area contributed by atoms with E-state index >= 15 is 0 Å². The number of hydrogen-bond donors (Lipinski definition) is 1. The van der Waals surface area contributed by atoms with E-state index in [-0.39, 0.29) is 12.6 Å². The first-order valence-electron chi connectivity index (χ1n) is 5.74. The first-order chi connectivity index (χ1) is 8.26. The van der Waals surface area contributed by atoms with Crippen LogP contribution in [0.25, 0.3) is 0 Å². The number of carbonyl (C=O) groups is 1. The van der Waals surface area contributed by atoms with Crippen molar-refractivity contribution in [2.75, 3.05) is 12.4 Å². The third-order valence-electron chi connectivity index (χ3n) is 2.20. The Labute approximate surface area is 106 Å². The van der Waals surface area contributed by atoms with E-state index < -0.39 is 0 Å². The molecule has 17 heavy (non-hydrogen) atoms. The van der Waals surface area contributed by atoms with Gasteiger partial charge in [0.15, 0.2) is 0 Å². The molecule has 0 bridgehead atoms. The lowest BCUT2D eigenvalue weighted by molar-refractivity contribution is -0.140. The molecular weight excluding hydrogens is 236 g/mol. The molecule has 94 valence electrons. The SMILES string of the molecule is CCCCOC(=O)CSc1cccc(CO)c1. The van der Waals surface area contributed by atoms with Gasteiger partial charge in [0, 0.05) is 4.90 Å². The van der Waals surface area contributed by atoms with Crippen LogP contribution >= 0.6 is 11.8 Å². The molecule has 0 saturated heterocycles. The maximum Gasteiger partial charge on any atom is 0.316 e. The van der Waals surface area contributed by atoms with E-state index in [2.05, 4.69) is 6.92 Å². The minimum atomic E-state index is -0.183. The normalized spacial score (nSPS) is 10.2. The Hall–Kier alpha value is -1.00. The first kappa shape index (κ1) is 14.1. The zero-order valence-electron chi connectivity index (χ0n) is 10.0. The summed E-state index contributed by atoms with van der Waals surface area (Å²) in [5.41, 5.74) is 0.856. The molecule has 0 atom stereocenters. The van der Waals surface area contributed by atoms with E-state index in [0.29, 0.717) is 12.4 Å². The average Bonchev–Trinajstić information content (AvgIpc) is 2.37. The third-order valence-corrected chi connectivity index (χ3v) is 3.17. The topological polar surface area (TPSA) is 46.5 Å². The van der Waals surface area contributed by atoms with Crippen molar-refractivity contribution in [3.63, 3.8) is 0 Å². The summed E-state index contributed by atoms with van der Waals surface area (Å²) >= 11 is 1.43. The van der Waals surface area contributed by atoms with Crippen LogP contribution in [-0.4, -0.2) is 23.4 Å². The number of esters is 1. The number of rotatable bonds is 7. The van der Waals surface area contributed by atoms with Crippen molar-refractivity contribution >= 4 is 17.7 Å². The average molecular weight is 254 g/mol. The van der Waals surface area contributed by atoms with E-state index in [1.165, 1.54) is 11.8 Å². The molecule has 4 heteroatoms. The van der Waals surface area contributed by atoms with Gasteiger partial charge in [-0.05, 0) is 24.1 Å². The Balaban J connectivity index is 2.31. The summed E-state index contributed by atoms with van der Waals surface area (Å²) in [5.74, 6) is 0.136. The van der Waals surface area contributed by atoms with E-state index in [1.807, 2.05) is 24.3 Å². The number of aliphatic hydroxyl groups is 1. The molecule has 0 aromatic heterocycles. The van der Waals surface area contributed by atoms with Crippen LogP contribution in [0.5, 0.6) is 0 Å². The van der Waals surface area contributed by atoms with Crippen molar-refractivity contribution in [3.05, 3.63) is 29.8 Å². The molecule has 0 unspecified atom stereocenters. The van der Waals surface area contributed by atoms with Crippen LogP contribution in [0.1, 0.15) is 25.3 Å². The molecule has 0 heterocycles. The Morgan fingerprint density at radius 3 is 3.00 bits per heavy atom. The van der Waals surface area contributed by atoms with Gasteiger partial charge in [-0.2, -0.15) is 0 Å². The fourth-order valence-corrected chi connectivity index (χ4v) is 2.03. The number of hydrogen-bond acceptors (Lipinski definition) is 4. The van der Waals surface area contributed by atoms with Gasteiger partial charge in [-0.25, -0.2) is 0 Å². The number of carbonyl (C=O) groups excluding carboxylic acids is 1. The van der Waals surface area contributed by atoms with Gasteiger partial charge in [0.25, 0.3) is 0 Å². The summed E-state index contributed by atoms with van der Waals surface area (Å²) in [5, 5.41) is 8.98. The fourth-order valence-electron chi connectivity index (χ4n) is 1.25. The van der Waals surface area contributed by atoms with Crippen LogP contribution in [0.15, 0.2) is 29.2 Å². The second-order valence-corrected chi connectivity index (χ2v) is 4.72. The second kappa shape index (κ2) is 8.14. The first-order valence-corrected chi connectivity index (χ1v) is 6.73. The molecule has 0 aliphatic rings. The standard InChI is InChI=1S/C13H18O3S/c1-2-3-7-16-13(15)10-17-12-6-4-5-11(8-12)9-14/h4-6,8,14H,2-3,7,9-10H2,1H3. The van der Waals surface area contributed by atoms with Crippen LogP contribution in [0, 0.1) is 0 Å². The predicted octanol–water partition coefficient (Wildman–Crippen LogP) is 2.61. The van der Waals surface area contributed by atoms with Gasteiger partial charge in [-0.15, -0.1) is 11.8 Å². The highest BCUT2D eigenvalue weighted by atomic mass is 32.2. The van der Waals surface area contributed by atoms with Crippen LogP contribution in [0.3, 0.4) is 0 Å². The Morgan fingerprint density at radius 2 is 2.29 bits per heavy atom. The number of thioether (sulfide) groups is 1. The molecule has 1 aromatic carbocycles. The maximum atomic E-state index is 11.4. The van der Waals surface area contributed by atoms with Gasteiger partial charge in [0.2, 0.25) is 0 Å². The van der Waals surface area contributed by atoms with Gasteiger partial charge in [-0.3, -0.25) is 4.79 Å². The number of benzene rings is 1. The Kier molecular flexibility index (Phi) is 6.74. The van der Waals surface area contributed by atoms with Crippen LogP contribution in [-0.2, 0) is 16.1 Å². The summed E-state index contributed by atoms with van der Waals surface area (Å²) < 4.78 is 5.05. The van der Waals surface area contributed by atoms with Crippen LogP contribution in [0.2, 0.25) is 0 Å². The minimum absolute atomic E-state index is 0.0232. The number of unbranched alkanes of at least 4 members (excludes halogenated alkanes) is 1. The van der Waals surface area contributed by atoms with Gasteiger partial charge in [0.05, 0.1) is 19.0 Å². The van der Waals surface area contributed by atoms with Crippen molar-refractivity contribution in [1.82, 2.24) is 0 Å². The second-order valence-electron chi connectivity index (χ2n) is 3.67. The molecule has 0 aliphatic heterocycles. The summed E-state index contributed by atoms with van der Waals surface area (Å²) in [6.45, 7) is 2.59. The highest BCUT2D eigenvalue weighted by Crippen LogP contribution is 2.19. The largest absolute Gasteiger partial charge is 0.465 e. The maximum absolute atomic E-state index is 11.4. The molecule has 0 amide bonds. The molecule has 0 fully saturated rings.